The molecule has 0 aliphatic rings. The van der Waals surface area contributed by atoms with E-state index < -0.39 is 0 Å². The molecule has 0 radical (unpaired) electrons. The first-order valence-electron chi connectivity index (χ1n) is 6.21. The normalized spacial score (nSPS) is 10.9. The molecule has 1 aromatic carbocycles. The summed E-state index contributed by atoms with van der Waals surface area (Å²) in [6.45, 7) is 3.00. The molecular formula is C15H15N3. The van der Waals surface area contributed by atoms with Gasteiger partial charge in [-0.05, 0) is 29.8 Å². The lowest BCUT2D eigenvalue weighted by atomic mass is 10.2. The molecule has 0 fully saturated rings. The van der Waals surface area contributed by atoms with Gasteiger partial charge < -0.3 is 4.57 Å². The van der Waals surface area contributed by atoms with Crippen LogP contribution in [-0.4, -0.2) is 14.5 Å². The Kier molecular flexibility index (Phi) is 2.81. The van der Waals surface area contributed by atoms with Crippen LogP contribution in [0.2, 0.25) is 0 Å². The van der Waals surface area contributed by atoms with Gasteiger partial charge in [-0.15, -0.1) is 0 Å². The van der Waals surface area contributed by atoms with Gasteiger partial charge in [-0.2, -0.15) is 0 Å². The van der Waals surface area contributed by atoms with E-state index in [0.29, 0.717) is 0 Å². The van der Waals surface area contributed by atoms with Gasteiger partial charge >= 0.3 is 0 Å². The molecule has 0 saturated heterocycles. The van der Waals surface area contributed by atoms with Gasteiger partial charge in [-0.25, -0.2) is 4.98 Å². The number of fused-ring (bicyclic) bond motifs is 1. The lowest BCUT2D eigenvalue weighted by molar-refractivity contribution is 0.752. The Morgan fingerprint density at radius 3 is 2.61 bits per heavy atom. The van der Waals surface area contributed by atoms with Crippen LogP contribution in [0.5, 0.6) is 0 Å². The first-order valence-corrected chi connectivity index (χ1v) is 6.21. The molecule has 0 saturated carbocycles. The Morgan fingerprint density at radius 2 is 1.83 bits per heavy atom. The monoisotopic (exact) mass is 237 g/mol. The van der Waals surface area contributed by atoms with Crippen LogP contribution in [0.1, 0.15) is 18.3 Å². The number of benzene rings is 1. The van der Waals surface area contributed by atoms with Gasteiger partial charge in [0.05, 0.1) is 11.0 Å². The zero-order valence-electron chi connectivity index (χ0n) is 10.4. The molecule has 90 valence electrons. The van der Waals surface area contributed by atoms with Crippen molar-refractivity contribution in [3.05, 3.63) is 60.2 Å². The van der Waals surface area contributed by atoms with Crippen LogP contribution in [0.4, 0.5) is 0 Å². The van der Waals surface area contributed by atoms with Crippen molar-refractivity contribution in [1.29, 1.82) is 0 Å². The second kappa shape index (κ2) is 4.61. The molecule has 18 heavy (non-hydrogen) atoms. The fourth-order valence-corrected chi connectivity index (χ4v) is 2.24. The number of hydrogen-bond acceptors (Lipinski definition) is 2. The minimum absolute atomic E-state index is 0.853. The number of hydrogen-bond donors (Lipinski definition) is 0. The van der Waals surface area contributed by atoms with E-state index in [1.807, 2.05) is 30.6 Å². The van der Waals surface area contributed by atoms with E-state index in [2.05, 4.69) is 39.7 Å². The maximum absolute atomic E-state index is 4.67. The Labute approximate surface area is 106 Å². The van der Waals surface area contributed by atoms with Crippen LogP contribution >= 0.6 is 0 Å². The first-order chi connectivity index (χ1) is 8.88. The van der Waals surface area contributed by atoms with Gasteiger partial charge in [0.1, 0.15) is 5.82 Å². The SMILES string of the molecule is CCc1nc2ccccc2n1Cc1ccncc1. The molecule has 3 aromatic rings. The van der Waals surface area contributed by atoms with E-state index >= 15 is 0 Å². The summed E-state index contributed by atoms with van der Waals surface area (Å²) in [5.41, 5.74) is 3.53. The maximum atomic E-state index is 4.67. The average molecular weight is 237 g/mol. The van der Waals surface area contributed by atoms with Gasteiger partial charge in [0.15, 0.2) is 0 Å². The third-order valence-corrected chi connectivity index (χ3v) is 3.14. The number of aromatic nitrogens is 3. The largest absolute Gasteiger partial charge is 0.323 e. The third-order valence-electron chi connectivity index (χ3n) is 3.14. The fourth-order valence-electron chi connectivity index (χ4n) is 2.24. The van der Waals surface area contributed by atoms with Crippen molar-refractivity contribution in [3.63, 3.8) is 0 Å². The predicted molar refractivity (Wildman–Crippen MR) is 72.5 cm³/mol. The highest BCUT2D eigenvalue weighted by atomic mass is 15.1. The molecule has 0 N–H and O–H groups in total. The Hall–Kier alpha value is -2.16. The van der Waals surface area contributed by atoms with Crippen LogP contribution in [0.15, 0.2) is 48.8 Å². The summed E-state index contributed by atoms with van der Waals surface area (Å²) in [6, 6.07) is 12.4. The van der Waals surface area contributed by atoms with Gasteiger partial charge in [-0.3, -0.25) is 4.98 Å². The van der Waals surface area contributed by atoms with Crippen molar-refractivity contribution in [2.75, 3.05) is 0 Å². The number of imidazole rings is 1. The zero-order chi connectivity index (χ0) is 12.4. The molecule has 2 heterocycles. The van der Waals surface area contributed by atoms with Crippen molar-refractivity contribution in [3.8, 4) is 0 Å². The maximum Gasteiger partial charge on any atom is 0.109 e. The van der Waals surface area contributed by atoms with Gasteiger partial charge in [0.2, 0.25) is 0 Å². The summed E-state index contributed by atoms with van der Waals surface area (Å²) in [6.07, 6.45) is 4.61. The van der Waals surface area contributed by atoms with Crippen LogP contribution in [0, 0.1) is 0 Å². The van der Waals surface area contributed by atoms with Crippen molar-refractivity contribution < 1.29 is 0 Å². The van der Waals surface area contributed by atoms with Gasteiger partial charge in [0, 0.05) is 25.4 Å². The van der Waals surface area contributed by atoms with Crippen molar-refractivity contribution in [1.82, 2.24) is 14.5 Å². The highest BCUT2D eigenvalue weighted by Gasteiger charge is 2.08. The van der Waals surface area contributed by atoms with Crippen molar-refractivity contribution in [2.24, 2.45) is 0 Å². The molecule has 3 rings (SSSR count). The highest BCUT2D eigenvalue weighted by Crippen LogP contribution is 2.18. The molecule has 0 aliphatic carbocycles. The predicted octanol–water partition coefficient (Wildman–Crippen LogP) is 3.04. The Balaban J connectivity index is 2.10. The molecule has 2 aromatic heterocycles. The van der Waals surface area contributed by atoms with E-state index in [-0.39, 0.29) is 0 Å². The molecule has 3 nitrogen and oxygen atoms in total. The summed E-state index contributed by atoms with van der Waals surface area (Å²) < 4.78 is 2.28. The molecule has 3 heteroatoms. The molecule has 0 amide bonds. The van der Waals surface area contributed by atoms with E-state index in [1.165, 1.54) is 11.1 Å². The highest BCUT2D eigenvalue weighted by molar-refractivity contribution is 5.76. The molecule has 0 aliphatic heterocycles. The third kappa shape index (κ3) is 1.88. The molecule has 0 atom stereocenters. The minimum Gasteiger partial charge on any atom is -0.323 e. The van der Waals surface area contributed by atoms with Crippen LogP contribution < -0.4 is 0 Å². The van der Waals surface area contributed by atoms with Crippen LogP contribution in [0.25, 0.3) is 11.0 Å². The lowest BCUT2D eigenvalue weighted by Gasteiger charge is -2.07. The van der Waals surface area contributed by atoms with E-state index in [4.69, 9.17) is 0 Å². The summed E-state index contributed by atoms with van der Waals surface area (Å²) in [7, 11) is 0. The fraction of sp³-hybridized carbons (Fsp3) is 0.200. The summed E-state index contributed by atoms with van der Waals surface area (Å²) in [5.74, 6) is 1.13. The van der Waals surface area contributed by atoms with Crippen molar-refractivity contribution >= 4 is 11.0 Å². The Bertz CT molecular complexity index is 656. The average Bonchev–Trinajstić information content (AvgIpc) is 2.78. The van der Waals surface area contributed by atoms with E-state index in [9.17, 15) is 0 Å². The molecule has 0 unspecified atom stereocenters. The van der Waals surface area contributed by atoms with Crippen LogP contribution in [-0.2, 0) is 13.0 Å². The van der Waals surface area contributed by atoms with E-state index in [1.54, 1.807) is 0 Å². The number of aryl methyl sites for hydroxylation is 1. The lowest BCUT2D eigenvalue weighted by Crippen LogP contribution is -2.04. The topological polar surface area (TPSA) is 30.7 Å². The molecule has 0 bridgehead atoms. The first kappa shape index (κ1) is 11.0. The quantitative estimate of drug-likeness (QED) is 0.701. The van der Waals surface area contributed by atoms with Gasteiger partial charge in [0.25, 0.3) is 0 Å². The minimum atomic E-state index is 0.853. The number of nitrogens with zero attached hydrogens (tertiary/aromatic N) is 3. The standard InChI is InChI=1S/C15H15N3/c1-2-15-17-13-5-3-4-6-14(13)18(15)11-12-7-9-16-10-8-12/h3-10H,2,11H2,1H3. The van der Waals surface area contributed by atoms with Crippen LogP contribution in [0.3, 0.4) is 0 Å². The summed E-state index contributed by atoms with van der Waals surface area (Å²) in [5, 5.41) is 0. The second-order valence-corrected chi connectivity index (χ2v) is 4.31. The second-order valence-electron chi connectivity index (χ2n) is 4.31. The Morgan fingerprint density at radius 1 is 1.06 bits per heavy atom. The van der Waals surface area contributed by atoms with Gasteiger partial charge in [-0.1, -0.05) is 19.1 Å². The van der Waals surface area contributed by atoms with Crippen molar-refractivity contribution in [2.45, 2.75) is 19.9 Å². The molecular weight excluding hydrogens is 222 g/mol. The number of para-hydroxylation sites is 2. The number of pyridine rings is 1. The number of rotatable bonds is 3. The molecule has 0 spiro atoms. The summed E-state index contributed by atoms with van der Waals surface area (Å²) >= 11 is 0. The zero-order valence-corrected chi connectivity index (χ0v) is 10.4. The summed E-state index contributed by atoms with van der Waals surface area (Å²) in [4.78, 5) is 8.73. The van der Waals surface area contributed by atoms with E-state index in [0.717, 1.165) is 24.3 Å². The smallest absolute Gasteiger partial charge is 0.109 e.